The van der Waals surface area contributed by atoms with Crippen molar-refractivity contribution in [2.45, 2.75) is 19.8 Å². The van der Waals surface area contributed by atoms with Crippen molar-refractivity contribution in [3.8, 4) is 0 Å². The SMILES string of the molecule is CCCC(=O)/C=C/N(C)C. The van der Waals surface area contributed by atoms with Crippen LogP contribution in [0.3, 0.4) is 0 Å². The van der Waals surface area contributed by atoms with Gasteiger partial charge in [0.25, 0.3) is 0 Å². The van der Waals surface area contributed by atoms with Gasteiger partial charge in [0.15, 0.2) is 5.78 Å². The maximum Gasteiger partial charge on any atom is 0.157 e. The van der Waals surface area contributed by atoms with E-state index >= 15 is 0 Å². The maximum absolute atomic E-state index is 10.8. The lowest BCUT2D eigenvalue weighted by molar-refractivity contribution is -0.114. The van der Waals surface area contributed by atoms with Gasteiger partial charge in [0.2, 0.25) is 0 Å². The Balaban J connectivity index is 3.56. The first-order chi connectivity index (χ1) is 4.66. The number of rotatable bonds is 4. The number of allylic oxidation sites excluding steroid dienone is 1. The summed E-state index contributed by atoms with van der Waals surface area (Å²) in [6.07, 6.45) is 4.97. The molecule has 0 spiro atoms. The van der Waals surface area contributed by atoms with Gasteiger partial charge in [-0.25, -0.2) is 0 Å². The summed E-state index contributed by atoms with van der Waals surface area (Å²) < 4.78 is 0. The van der Waals surface area contributed by atoms with Crippen LogP contribution in [0.5, 0.6) is 0 Å². The van der Waals surface area contributed by atoms with Gasteiger partial charge in [-0.2, -0.15) is 0 Å². The second-order valence-corrected chi connectivity index (χ2v) is 2.50. The number of nitrogens with zero attached hydrogens (tertiary/aromatic N) is 1. The second kappa shape index (κ2) is 5.03. The molecule has 2 heteroatoms. The van der Waals surface area contributed by atoms with Crippen molar-refractivity contribution in [3.63, 3.8) is 0 Å². The van der Waals surface area contributed by atoms with E-state index in [0.29, 0.717) is 6.42 Å². The van der Waals surface area contributed by atoms with Crippen molar-refractivity contribution in [1.29, 1.82) is 0 Å². The zero-order valence-electron chi connectivity index (χ0n) is 6.92. The molecule has 0 fully saturated rings. The summed E-state index contributed by atoms with van der Waals surface area (Å²) in [5.74, 6) is 0.205. The Kier molecular flexibility index (Phi) is 4.63. The first-order valence-corrected chi connectivity index (χ1v) is 3.54. The largest absolute Gasteiger partial charge is 0.383 e. The van der Waals surface area contributed by atoms with E-state index in [0.717, 1.165) is 6.42 Å². The highest BCUT2D eigenvalue weighted by molar-refractivity contribution is 5.89. The fourth-order valence-corrected chi connectivity index (χ4v) is 0.562. The molecule has 0 aliphatic heterocycles. The minimum absolute atomic E-state index is 0.205. The molecule has 0 saturated heterocycles. The normalized spacial score (nSPS) is 10.3. The average molecular weight is 141 g/mol. The monoisotopic (exact) mass is 141 g/mol. The van der Waals surface area contributed by atoms with Crippen LogP contribution >= 0.6 is 0 Å². The Morgan fingerprint density at radius 2 is 2.10 bits per heavy atom. The van der Waals surface area contributed by atoms with Crippen LogP contribution in [0.4, 0.5) is 0 Å². The van der Waals surface area contributed by atoms with E-state index in [9.17, 15) is 4.79 Å². The molecule has 0 heterocycles. The van der Waals surface area contributed by atoms with Crippen LogP contribution in [-0.2, 0) is 4.79 Å². The summed E-state index contributed by atoms with van der Waals surface area (Å²) in [5, 5.41) is 0. The van der Waals surface area contributed by atoms with Crippen LogP contribution in [-0.4, -0.2) is 24.8 Å². The molecule has 0 aromatic heterocycles. The van der Waals surface area contributed by atoms with Crippen LogP contribution in [0.2, 0.25) is 0 Å². The second-order valence-electron chi connectivity index (χ2n) is 2.50. The van der Waals surface area contributed by atoms with E-state index in [2.05, 4.69) is 0 Å². The molecule has 0 saturated carbocycles. The molecule has 0 aliphatic rings. The molecule has 58 valence electrons. The van der Waals surface area contributed by atoms with E-state index in [1.54, 1.807) is 12.3 Å². The molecule has 2 nitrogen and oxygen atoms in total. The average Bonchev–Trinajstić information content (AvgIpc) is 1.85. The highest BCUT2D eigenvalue weighted by atomic mass is 16.1. The van der Waals surface area contributed by atoms with Crippen molar-refractivity contribution in [2.24, 2.45) is 0 Å². The van der Waals surface area contributed by atoms with Gasteiger partial charge in [0.05, 0.1) is 0 Å². The predicted octanol–water partition coefficient (Wildman–Crippen LogP) is 1.43. The van der Waals surface area contributed by atoms with Crippen LogP contribution in [0.1, 0.15) is 19.8 Å². The zero-order valence-corrected chi connectivity index (χ0v) is 6.92. The molecule has 0 rings (SSSR count). The van der Waals surface area contributed by atoms with E-state index in [4.69, 9.17) is 0 Å². The highest BCUT2D eigenvalue weighted by Gasteiger charge is 1.91. The van der Waals surface area contributed by atoms with Crippen molar-refractivity contribution < 1.29 is 4.79 Å². The number of ketones is 1. The van der Waals surface area contributed by atoms with Crippen LogP contribution in [0, 0.1) is 0 Å². The highest BCUT2D eigenvalue weighted by Crippen LogP contribution is 1.90. The lowest BCUT2D eigenvalue weighted by atomic mass is 10.2. The Bertz CT molecular complexity index is 127. The van der Waals surface area contributed by atoms with Crippen LogP contribution < -0.4 is 0 Å². The van der Waals surface area contributed by atoms with Gasteiger partial charge >= 0.3 is 0 Å². The van der Waals surface area contributed by atoms with Crippen molar-refractivity contribution in [3.05, 3.63) is 12.3 Å². The van der Waals surface area contributed by atoms with Gasteiger partial charge in [0.1, 0.15) is 0 Å². The van der Waals surface area contributed by atoms with E-state index in [1.165, 1.54) is 0 Å². The first kappa shape index (κ1) is 9.21. The summed E-state index contributed by atoms with van der Waals surface area (Å²) in [7, 11) is 3.80. The smallest absolute Gasteiger partial charge is 0.157 e. The molecular weight excluding hydrogens is 126 g/mol. The molecule has 10 heavy (non-hydrogen) atoms. The van der Waals surface area contributed by atoms with Crippen molar-refractivity contribution in [2.75, 3.05) is 14.1 Å². The topological polar surface area (TPSA) is 20.3 Å². The quantitative estimate of drug-likeness (QED) is 0.552. The molecule has 0 aromatic carbocycles. The molecule has 0 bridgehead atoms. The van der Waals surface area contributed by atoms with E-state index in [1.807, 2.05) is 25.9 Å². The molecule has 0 N–H and O–H groups in total. The summed E-state index contributed by atoms with van der Waals surface area (Å²) in [4.78, 5) is 12.7. The fourth-order valence-electron chi connectivity index (χ4n) is 0.562. The third-order valence-corrected chi connectivity index (χ3v) is 1.05. The Morgan fingerprint density at radius 3 is 2.50 bits per heavy atom. The lowest BCUT2D eigenvalue weighted by Crippen LogP contribution is -2.02. The third kappa shape index (κ3) is 5.35. The Labute approximate surface area is 62.5 Å². The van der Waals surface area contributed by atoms with Crippen LogP contribution in [0.15, 0.2) is 12.3 Å². The molecule has 0 aromatic rings. The van der Waals surface area contributed by atoms with Crippen molar-refractivity contribution in [1.82, 2.24) is 4.90 Å². The predicted molar refractivity (Wildman–Crippen MR) is 42.7 cm³/mol. The van der Waals surface area contributed by atoms with Gasteiger partial charge in [-0.3, -0.25) is 4.79 Å². The van der Waals surface area contributed by atoms with Gasteiger partial charge in [0, 0.05) is 26.7 Å². The molecular formula is C8H15NO. The number of carbonyl (C=O) groups is 1. The van der Waals surface area contributed by atoms with E-state index in [-0.39, 0.29) is 5.78 Å². The van der Waals surface area contributed by atoms with Crippen molar-refractivity contribution >= 4 is 5.78 Å². The minimum atomic E-state index is 0.205. The standard InChI is InChI=1S/C8H15NO/c1-4-5-8(10)6-7-9(2)3/h6-7H,4-5H2,1-3H3/b7-6+. The lowest BCUT2D eigenvalue weighted by Gasteiger charge is -2.01. The number of hydrogen-bond acceptors (Lipinski definition) is 2. The van der Waals surface area contributed by atoms with E-state index < -0.39 is 0 Å². The zero-order chi connectivity index (χ0) is 7.98. The number of hydrogen-bond donors (Lipinski definition) is 0. The Hall–Kier alpha value is -0.790. The molecule has 0 amide bonds. The molecule has 0 unspecified atom stereocenters. The molecule has 0 radical (unpaired) electrons. The van der Waals surface area contributed by atoms with Gasteiger partial charge in [-0.05, 0) is 12.5 Å². The molecule has 0 atom stereocenters. The maximum atomic E-state index is 10.8. The Morgan fingerprint density at radius 1 is 1.50 bits per heavy atom. The van der Waals surface area contributed by atoms with Gasteiger partial charge < -0.3 is 4.90 Å². The van der Waals surface area contributed by atoms with Crippen LogP contribution in [0.25, 0.3) is 0 Å². The summed E-state index contributed by atoms with van der Waals surface area (Å²) >= 11 is 0. The summed E-state index contributed by atoms with van der Waals surface area (Å²) in [6.45, 7) is 2.00. The first-order valence-electron chi connectivity index (χ1n) is 3.54. The summed E-state index contributed by atoms with van der Waals surface area (Å²) in [6, 6.07) is 0. The number of carbonyl (C=O) groups excluding carboxylic acids is 1. The molecule has 0 aliphatic carbocycles. The minimum Gasteiger partial charge on any atom is -0.383 e. The van der Waals surface area contributed by atoms with Gasteiger partial charge in [-0.1, -0.05) is 6.92 Å². The summed E-state index contributed by atoms with van der Waals surface area (Å²) in [5.41, 5.74) is 0. The fraction of sp³-hybridized carbons (Fsp3) is 0.625. The third-order valence-electron chi connectivity index (χ3n) is 1.05. The van der Waals surface area contributed by atoms with Gasteiger partial charge in [-0.15, -0.1) is 0 Å².